The smallest absolute Gasteiger partial charge is 0.264 e. The summed E-state index contributed by atoms with van der Waals surface area (Å²) in [5, 5.41) is 15.1. The molecule has 0 atom stereocenters. The van der Waals surface area contributed by atoms with E-state index in [4.69, 9.17) is 4.42 Å². The van der Waals surface area contributed by atoms with Crippen LogP contribution in [-0.2, 0) is 11.3 Å². The average molecular weight is 475 g/mol. The van der Waals surface area contributed by atoms with Gasteiger partial charge in [-0.2, -0.15) is 5.26 Å². The van der Waals surface area contributed by atoms with E-state index in [-0.39, 0.29) is 29.6 Å². The third kappa shape index (κ3) is 4.32. The fourth-order valence-electron chi connectivity index (χ4n) is 3.10. The number of hydrogen-bond donors (Lipinski definition) is 2. The lowest BCUT2D eigenvalue weighted by atomic mass is 10.0. The van der Waals surface area contributed by atoms with Gasteiger partial charge in [0.2, 0.25) is 0 Å². The standard InChI is InChI=1S/C23H15BrN4O3/c24-15-6-3-5-14(11-15)22(29)28-21-18-9-2-1-8-17(18)20(27-21)19(12-25)23(30)26-13-16-7-4-10-31-16/h1-11H,13H2,(H,26,30)(H,27,28,29)/b20-19-. The molecule has 152 valence electrons. The zero-order valence-corrected chi connectivity index (χ0v) is 17.6. The maximum atomic E-state index is 12.7. The predicted octanol–water partition coefficient (Wildman–Crippen LogP) is 3.78. The van der Waals surface area contributed by atoms with Gasteiger partial charge in [-0.25, -0.2) is 4.99 Å². The van der Waals surface area contributed by atoms with Crippen LogP contribution in [0, 0.1) is 11.3 Å². The van der Waals surface area contributed by atoms with E-state index in [1.807, 2.05) is 12.1 Å². The molecule has 31 heavy (non-hydrogen) atoms. The molecule has 1 aliphatic rings. The van der Waals surface area contributed by atoms with Crippen molar-refractivity contribution in [3.05, 3.63) is 99.4 Å². The summed E-state index contributed by atoms with van der Waals surface area (Å²) in [7, 11) is 0. The summed E-state index contributed by atoms with van der Waals surface area (Å²) < 4.78 is 5.97. The van der Waals surface area contributed by atoms with Gasteiger partial charge in [0.1, 0.15) is 23.2 Å². The van der Waals surface area contributed by atoms with Gasteiger partial charge in [-0.3, -0.25) is 9.59 Å². The molecule has 0 spiro atoms. The topological polar surface area (TPSA) is 107 Å². The number of carbonyl (C=O) groups is 2. The molecule has 2 N–H and O–H groups in total. The molecule has 7 nitrogen and oxygen atoms in total. The molecule has 1 aromatic heterocycles. The summed E-state index contributed by atoms with van der Waals surface area (Å²) in [5.74, 6) is -0.0843. The van der Waals surface area contributed by atoms with Gasteiger partial charge in [0.25, 0.3) is 11.8 Å². The monoisotopic (exact) mass is 474 g/mol. The number of fused-ring (bicyclic) bond motifs is 1. The lowest BCUT2D eigenvalue weighted by Gasteiger charge is -2.06. The Labute approximate surface area is 186 Å². The summed E-state index contributed by atoms with van der Waals surface area (Å²) >= 11 is 3.35. The Bertz CT molecular complexity index is 1270. The largest absolute Gasteiger partial charge is 0.467 e. The molecule has 3 aromatic rings. The molecule has 0 saturated heterocycles. The molecule has 1 aliphatic heterocycles. The van der Waals surface area contributed by atoms with Crippen LogP contribution in [-0.4, -0.2) is 17.6 Å². The van der Waals surface area contributed by atoms with Gasteiger partial charge in [0.05, 0.1) is 18.5 Å². The molecule has 0 unspecified atom stereocenters. The maximum Gasteiger partial charge on any atom is 0.264 e. The van der Waals surface area contributed by atoms with Crippen molar-refractivity contribution in [2.24, 2.45) is 4.99 Å². The second-order valence-corrected chi connectivity index (χ2v) is 7.48. The third-order valence-electron chi connectivity index (χ3n) is 4.56. The Morgan fingerprint density at radius 2 is 1.87 bits per heavy atom. The van der Waals surface area contributed by atoms with Crippen molar-refractivity contribution in [1.29, 1.82) is 5.26 Å². The Hall–Kier alpha value is -3.96. The number of carbonyl (C=O) groups excluding carboxylic acids is 2. The fourth-order valence-corrected chi connectivity index (χ4v) is 3.50. The highest BCUT2D eigenvalue weighted by molar-refractivity contribution is 9.10. The van der Waals surface area contributed by atoms with Crippen LogP contribution in [0.2, 0.25) is 0 Å². The van der Waals surface area contributed by atoms with Gasteiger partial charge in [0.15, 0.2) is 0 Å². The van der Waals surface area contributed by atoms with Crippen LogP contribution < -0.4 is 10.6 Å². The van der Waals surface area contributed by atoms with E-state index < -0.39 is 5.91 Å². The highest BCUT2D eigenvalue weighted by Crippen LogP contribution is 2.30. The first-order valence-corrected chi connectivity index (χ1v) is 10.1. The van der Waals surface area contributed by atoms with Gasteiger partial charge in [-0.1, -0.05) is 46.3 Å². The van der Waals surface area contributed by atoms with Crippen LogP contribution in [0.4, 0.5) is 0 Å². The molecule has 2 amide bonds. The SMILES string of the molecule is N#C/C(C(=O)NCc1ccco1)=C1/N=C(NC(=O)c2cccc(Br)c2)c2ccccc21. The average Bonchev–Trinajstić information content (AvgIpc) is 3.42. The lowest BCUT2D eigenvalue weighted by molar-refractivity contribution is -0.117. The highest BCUT2D eigenvalue weighted by atomic mass is 79.9. The van der Waals surface area contributed by atoms with Crippen molar-refractivity contribution >= 4 is 39.3 Å². The predicted molar refractivity (Wildman–Crippen MR) is 118 cm³/mol. The second-order valence-electron chi connectivity index (χ2n) is 6.57. The Balaban J connectivity index is 1.65. The number of halogens is 1. The number of aliphatic imine (C=N–C) groups is 1. The minimum absolute atomic E-state index is 0.141. The Morgan fingerprint density at radius 1 is 1.06 bits per heavy atom. The number of nitriles is 1. The molecule has 4 rings (SSSR count). The summed E-state index contributed by atoms with van der Waals surface area (Å²) in [4.78, 5) is 29.8. The van der Waals surface area contributed by atoms with E-state index in [9.17, 15) is 14.9 Å². The molecule has 0 radical (unpaired) electrons. The van der Waals surface area contributed by atoms with E-state index >= 15 is 0 Å². The van der Waals surface area contributed by atoms with Crippen LogP contribution in [0.1, 0.15) is 27.2 Å². The normalized spacial score (nSPS) is 13.6. The van der Waals surface area contributed by atoms with Crippen molar-refractivity contribution in [2.75, 3.05) is 0 Å². The van der Waals surface area contributed by atoms with Crippen molar-refractivity contribution in [3.63, 3.8) is 0 Å². The maximum absolute atomic E-state index is 12.7. The molecule has 8 heteroatoms. The first kappa shape index (κ1) is 20.3. The van der Waals surface area contributed by atoms with Crippen LogP contribution >= 0.6 is 15.9 Å². The van der Waals surface area contributed by atoms with Crippen LogP contribution in [0.3, 0.4) is 0 Å². The van der Waals surface area contributed by atoms with Crippen LogP contribution in [0.25, 0.3) is 5.70 Å². The minimum atomic E-state index is -0.577. The van der Waals surface area contributed by atoms with E-state index in [1.165, 1.54) is 6.26 Å². The number of furan rings is 1. The van der Waals surface area contributed by atoms with Gasteiger partial charge in [-0.05, 0) is 30.3 Å². The quantitative estimate of drug-likeness (QED) is 0.442. The van der Waals surface area contributed by atoms with Gasteiger partial charge in [-0.15, -0.1) is 0 Å². The minimum Gasteiger partial charge on any atom is -0.467 e. The van der Waals surface area contributed by atoms with Gasteiger partial charge < -0.3 is 15.1 Å². The number of amides is 2. The number of benzene rings is 2. The van der Waals surface area contributed by atoms with Crippen molar-refractivity contribution in [1.82, 2.24) is 10.6 Å². The molecule has 0 fully saturated rings. The zero-order valence-electron chi connectivity index (χ0n) is 16.1. The molecular weight excluding hydrogens is 460 g/mol. The fraction of sp³-hybridized carbons (Fsp3) is 0.0435. The van der Waals surface area contributed by atoms with Crippen LogP contribution in [0.15, 0.2) is 86.4 Å². The number of rotatable bonds is 4. The molecule has 0 aliphatic carbocycles. The highest BCUT2D eigenvalue weighted by Gasteiger charge is 2.27. The number of amidine groups is 1. The van der Waals surface area contributed by atoms with Crippen LogP contribution in [0.5, 0.6) is 0 Å². The second kappa shape index (κ2) is 8.81. The number of hydrogen-bond acceptors (Lipinski definition) is 5. The molecule has 2 aromatic carbocycles. The van der Waals surface area contributed by atoms with E-state index in [0.717, 1.165) is 4.47 Å². The summed E-state index contributed by atoms with van der Waals surface area (Å²) in [6.45, 7) is 0.141. The molecule has 2 heterocycles. The van der Waals surface area contributed by atoms with Gasteiger partial charge in [0, 0.05) is 21.2 Å². The third-order valence-corrected chi connectivity index (χ3v) is 5.05. The molecule has 0 saturated carbocycles. The summed E-state index contributed by atoms with van der Waals surface area (Å²) in [6.07, 6.45) is 1.50. The van der Waals surface area contributed by atoms with E-state index in [2.05, 4.69) is 31.6 Å². The molecular formula is C23H15BrN4O3. The summed E-state index contributed by atoms with van der Waals surface area (Å²) in [5.41, 5.74) is 1.73. The van der Waals surface area contributed by atoms with E-state index in [1.54, 1.807) is 54.6 Å². The Kier molecular flexibility index (Phi) is 5.78. The van der Waals surface area contributed by atoms with Crippen molar-refractivity contribution in [3.8, 4) is 6.07 Å². The first-order valence-electron chi connectivity index (χ1n) is 9.27. The Morgan fingerprint density at radius 3 is 2.58 bits per heavy atom. The lowest BCUT2D eigenvalue weighted by Crippen LogP contribution is -2.30. The first-order chi connectivity index (χ1) is 15.1. The van der Waals surface area contributed by atoms with Gasteiger partial charge >= 0.3 is 0 Å². The number of nitrogens with one attached hydrogen (secondary N) is 2. The molecule has 0 bridgehead atoms. The van der Waals surface area contributed by atoms with Crippen molar-refractivity contribution in [2.45, 2.75) is 6.54 Å². The zero-order chi connectivity index (χ0) is 21.8. The van der Waals surface area contributed by atoms with Crippen molar-refractivity contribution < 1.29 is 14.0 Å². The number of nitrogens with zero attached hydrogens (tertiary/aromatic N) is 2. The van der Waals surface area contributed by atoms with E-state index in [0.29, 0.717) is 22.5 Å². The summed E-state index contributed by atoms with van der Waals surface area (Å²) in [6, 6.07) is 19.4.